The van der Waals surface area contributed by atoms with Gasteiger partial charge in [-0.1, -0.05) is 24.3 Å². The van der Waals surface area contributed by atoms with Gasteiger partial charge in [0.15, 0.2) is 11.9 Å². The fraction of sp³-hybridized carbons (Fsp3) is 0.263. The summed E-state index contributed by atoms with van der Waals surface area (Å²) in [5.41, 5.74) is 4.69. The number of rotatable bonds is 4. The molecule has 0 aliphatic carbocycles. The molecule has 0 saturated heterocycles. The van der Waals surface area contributed by atoms with Crippen LogP contribution in [0.3, 0.4) is 0 Å². The first-order valence-corrected chi connectivity index (χ1v) is 8.64. The molecule has 0 bridgehead atoms. The van der Waals surface area contributed by atoms with Crippen molar-refractivity contribution in [1.29, 1.82) is 0 Å². The average molecular weight is 334 g/mol. The highest BCUT2D eigenvalue weighted by Crippen LogP contribution is 2.16. The molecule has 4 rings (SSSR count). The van der Waals surface area contributed by atoms with E-state index in [4.69, 9.17) is 0 Å². The minimum absolute atomic E-state index is 0.842. The van der Waals surface area contributed by atoms with Crippen molar-refractivity contribution >= 4 is 23.3 Å². The van der Waals surface area contributed by atoms with Crippen LogP contribution in [-0.2, 0) is 6.42 Å². The Morgan fingerprint density at radius 3 is 1.48 bits per heavy atom. The standard InChI is InChI=1S/C19H22N6/c1-5-16(24-18-20-9-10-21-18)6-2-14(1)13-15-3-7-17(8-4-15)25-19-22-11-12-23-19/h1-8H,9-13H2,(H2,20,21,24)(H2,22,23,25). The zero-order valence-corrected chi connectivity index (χ0v) is 14.0. The van der Waals surface area contributed by atoms with Crippen LogP contribution in [-0.4, -0.2) is 38.1 Å². The van der Waals surface area contributed by atoms with Gasteiger partial charge in [-0.05, 0) is 41.8 Å². The van der Waals surface area contributed by atoms with Gasteiger partial charge < -0.3 is 21.3 Å². The number of guanidine groups is 2. The lowest BCUT2D eigenvalue weighted by Crippen LogP contribution is -2.26. The number of benzene rings is 2. The fourth-order valence-electron chi connectivity index (χ4n) is 2.88. The number of nitrogens with zero attached hydrogens (tertiary/aromatic N) is 2. The van der Waals surface area contributed by atoms with Crippen LogP contribution < -0.4 is 21.3 Å². The summed E-state index contributed by atoms with van der Waals surface area (Å²) in [5.74, 6) is 1.72. The molecular formula is C19H22N6. The predicted octanol–water partition coefficient (Wildman–Crippen LogP) is 2.02. The number of hydrogen-bond donors (Lipinski definition) is 4. The minimum Gasteiger partial charge on any atom is -0.354 e. The first kappa shape index (κ1) is 15.5. The molecule has 2 aromatic carbocycles. The molecule has 6 heteroatoms. The second kappa shape index (κ2) is 7.25. The van der Waals surface area contributed by atoms with Crippen LogP contribution >= 0.6 is 0 Å². The Balaban J connectivity index is 1.34. The van der Waals surface area contributed by atoms with Crippen LogP contribution in [0.4, 0.5) is 11.4 Å². The maximum Gasteiger partial charge on any atom is 0.195 e. The normalized spacial score (nSPS) is 15.8. The lowest BCUT2D eigenvalue weighted by atomic mass is 10.0. The van der Waals surface area contributed by atoms with Gasteiger partial charge >= 0.3 is 0 Å². The smallest absolute Gasteiger partial charge is 0.195 e. The van der Waals surface area contributed by atoms with E-state index < -0.39 is 0 Å². The maximum absolute atomic E-state index is 4.34. The molecule has 4 N–H and O–H groups in total. The molecule has 0 spiro atoms. The fourth-order valence-corrected chi connectivity index (χ4v) is 2.88. The average Bonchev–Trinajstić information content (AvgIpc) is 3.33. The SMILES string of the molecule is c1cc(NC2=NCCN2)ccc1Cc1ccc(NC2=NCCN2)cc1. The largest absolute Gasteiger partial charge is 0.354 e. The van der Waals surface area contributed by atoms with E-state index in [2.05, 4.69) is 79.8 Å². The second-order valence-electron chi connectivity index (χ2n) is 6.13. The van der Waals surface area contributed by atoms with E-state index in [0.717, 1.165) is 55.9 Å². The molecule has 2 aliphatic rings. The Morgan fingerprint density at radius 1 is 0.680 bits per heavy atom. The van der Waals surface area contributed by atoms with Crippen LogP contribution in [0.15, 0.2) is 58.5 Å². The molecule has 6 nitrogen and oxygen atoms in total. The maximum atomic E-state index is 4.34. The van der Waals surface area contributed by atoms with Gasteiger partial charge in [-0.3, -0.25) is 9.98 Å². The van der Waals surface area contributed by atoms with Crippen molar-refractivity contribution in [1.82, 2.24) is 10.6 Å². The summed E-state index contributed by atoms with van der Waals surface area (Å²) < 4.78 is 0. The van der Waals surface area contributed by atoms with Gasteiger partial charge in [-0.25, -0.2) is 0 Å². The number of anilines is 2. The topological polar surface area (TPSA) is 72.8 Å². The van der Waals surface area contributed by atoms with Gasteiger partial charge in [0.05, 0.1) is 13.1 Å². The molecule has 2 heterocycles. The number of nitrogens with one attached hydrogen (secondary N) is 4. The van der Waals surface area contributed by atoms with Gasteiger partial charge in [0.25, 0.3) is 0 Å². The quantitative estimate of drug-likeness (QED) is 0.690. The summed E-state index contributed by atoms with van der Waals surface area (Å²) in [5, 5.41) is 13.0. The zero-order valence-electron chi connectivity index (χ0n) is 14.0. The van der Waals surface area contributed by atoms with Crippen LogP contribution in [0.2, 0.25) is 0 Å². The molecular weight excluding hydrogens is 312 g/mol. The summed E-state index contributed by atoms with van der Waals surface area (Å²) in [6.07, 6.45) is 0.916. The third-order valence-electron chi connectivity index (χ3n) is 4.19. The van der Waals surface area contributed by atoms with Crippen molar-refractivity contribution in [3.8, 4) is 0 Å². The van der Waals surface area contributed by atoms with E-state index in [0.29, 0.717) is 0 Å². The lowest BCUT2D eigenvalue weighted by Gasteiger charge is -2.09. The Kier molecular flexibility index (Phi) is 4.50. The van der Waals surface area contributed by atoms with Crippen LogP contribution in [0, 0.1) is 0 Å². The first-order chi connectivity index (χ1) is 12.3. The van der Waals surface area contributed by atoms with Gasteiger partial charge in [0, 0.05) is 24.5 Å². The molecule has 0 atom stereocenters. The number of hydrogen-bond acceptors (Lipinski definition) is 6. The van der Waals surface area contributed by atoms with Crippen molar-refractivity contribution in [3.63, 3.8) is 0 Å². The minimum atomic E-state index is 0.842. The Hall–Kier alpha value is -3.02. The van der Waals surface area contributed by atoms with Crippen molar-refractivity contribution in [2.75, 3.05) is 36.8 Å². The molecule has 2 aliphatic heterocycles. The first-order valence-electron chi connectivity index (χ1n) is 8.64. The third-order valence-corrected chi connectivity index (χ3v) is 4.19. The Morgan fingerprint density at radius 2 is 1.12 bits per heavy atom. The van der Waals surface area contributed by atoms with Gasteiger partial charge in [0.1, 0.15) is 0 Å². The van der Waals surface area contributed by atoms with Crippen molar-refractivity contribution in [2.24, 2.45) is 9.98 Å². The Labute approximate surface area is 147 Å². The summed E-state index contributed by atoms with van der Waals surface area (Å²) >= 11 is 0. The van der Waals surface area contributed by atoms with Gasteiger partial charge in [-0.15, -0.1) is 0 Å². The lowest BCUT2D eigenvalue weighted by molar-refractivity contribution is 0.959. The highest BCUT2D eigenvalue weighted by molar-refractivity contribution is 5.95. The zero-order chi connectivity index (χ0) is 16.9. The molecule has 0 unspecified atom stereocenters. The molecule has 25 heavy (non-hydrogen) atoms. The third kappa shape index (κ3) is 4.09. The van der Waals surface area contributed by atoms with Crippen molar-refractivity contribution in [2.45, 2.75) is 6.42 Å². The molecule has 0 saturated carbocycles. The number of aliphatic imine (C=N–C) groups is 2. The van der Waals surface area contributed by atoms with E-state index in [9.17, 15) is 0 Å². The van der Waals surface area contributed by atoms with E-state index in [-0.39, 0.29) is 0 Å². The second-order valence-corrected chi connectivity index (χ2v) is 6.13. The van der Waals surface area contributed by atoms with E-state index >= 15 is 0 Å². The molecule has 0 radical (unpaired) electrons. The molecule has 0 fully saturated rings. The van der Waals surface area contributed by atoms with Gasteiger partial charge in [-0.2, -0.15) is 0 Å². The van der Waals surface area contributed by atoms with Crippen LogP contribution in [0.5, 0.6) is 0 Å². The summed E-state index contributed by atoms with van der Waals surface area (Å²) in [6.45, 7) is 3.51. The highest BCUT2D eigenvalue weighted by atomic mass is 15.2. The van der Waals surface area contributed by atoms with E-state index in [1.165, 1.54) is 11.1 Å². The Bertz CT molecular complexity index is 709. The van der Waals surface area contributed by atoms with Crippen LogP contribution in [0.1, 0.15) is 11.1 Å². The molecule has 0 amide bonds. The summed E-state index contributed by atoms with van der Waals surface area (Å²) in [6, 6.07) is 17.0. The van der Waals surface area contributed by atoms with E-state index in [1.54, 1.807) is 0 Å². The van der Waals surface area contributed by atoms with Crippen molar-refractivity contribution < 1.29 is 0 Å². The molecule has 0 aromatic heterocycles. The van der Waals surface area contributed by atoms with Crippen LogP contribution in [0.25, 0.3) is 0 Å². The monoisotopic (exact) mass is 334 g/mol. The van der Waals surface area contributed by atoms with Crippen molar-refractivity contribution in [3.05, 3.63) is 59.7 Å². The predicted molar refractivity (Wildman–Crippen MR) is 104 cm³/mol. The summed E-state index contributed by atoms with van der Waals surface area (Å²) in [4.78, 5) is 8.68. The summed E-state index contributed by atoms with van der Waals surface area (Å²) in [7, 11) is 0. The van der Waals surface area contributed by atoms with Gasteiger partial charge in [0.2, 0.25) is 0 Å². The van der Waals surface area contributed by atoms with E-state index in [1.807, 2.05) is 0 Å². The molecule has 128 valence electrons. The highest BCUT2D eigenvalue weighted by Gasteiger charge is 2.06. The molecule has 2 aromatic rings.